The van der Waals surface area contributed by atoms with Gasteiger partial charge in [-0.3, -0.25) is 5.41 Å². The third-order valence-corrected chi connectivity index (χ3v) is 6.04. The molecular weight excluding hydrogens is 464 g/mol. The third-order valence-electron chi connectivity index (χ3n) is 6.04. The van der Waals surface area contributed by atoms with Crippen molar-refractivity contribution in [3.8, 4) is 28.3 Å². The minimum atomic E-state index is 0.173. The van der Waals surface area contributed by atoms with Gasteiger partial charge in [-0.25, -0.2) is 4.99 Å². The quantitative estimate of drug-likeness (QED) is 0.200. The molecule has 38 heavy (non-hydrogen) atoms. The number of amidine groups is 2. The van der Waals surface area contributed by atoms with Crippen molar-refractivity contribution >= 4 is 11.7 Å². The van der Waals surface area contributed by atoms with Crippen LogP contribution in [0.1, 0.15) is 22.3 Å². The fourth-order valence-corrected chi connectivity index (χ4v) is 3.93. The number of nitrogens with one attached hydrogen (secondary N) is 1. The minimum Gasteiger partial charge on any atom is -0.383 e. The van der Waals surface area contributed by atoms with E-state index in [1.165, 1.54) is 16.7 Å². The van der Waals surface area contributed by atoms with Crippen LogP contribution in [0.2, 0.25) is 0 Å². The van der Waals surface area contributed by atoms with Gasteiger partial charge in [0.15, 0.2) is 5.84 Å². The summed E-state index contributed by atoms with van der Waals surface area (Å²) in [6, 6.07) is 45.5. The van der Waals surface area contributed by atoms with E-state index < -0.39 is 0 Å². The number of aliphatic imine (C=N–C) groups is 1. The van der Waals surface area contributed by atoms with Gasteiger partial charge in [0.2, 0.25) is 0 Å². The molecule has 5 rings (SSSR count). The Morgan fingerprint density at radius 1 is 0.632 bits per heavy atom. The van der Waals surface area contributed by atoms with Crippen LogP contribution in [0.25, 0.3) is 22.3 Å². The van der Waals surface area contributed by atoms with Gasteiger partial charge < -0.3 is 5.73 Å². The van der Waals surface area contributed by atoms with Crippen LogP contribution in [0.5, 0.6) is 0 Å². The Morgan fingerprint density at radius 3 is 1.66 bits per heavy atom. The molecule has 3 N–H and O–H groups in total. The number of aryl methyl sites for hydroxylation is 1. The maximum atomic E-state index is 8.84. The molecule has 0 atom stereocenters. The van der Waals surface area contributed by atoms with E-state index >= 15 is 0 Å². The predicted molar refractivity (Wildman–Crippen MR) is 157 cm³/mol. The zero-order valence-corrected chi connectivity index (χ0v) is 21.2. The van der Waals surface area contributed by atoms with E-state index in [1.807, 2.05) is 84.9 Å². The lowest BCUT2D eigenvalue weighted by Gasteiger charge is -2.07. The van der Waals surface area contributed by atoms with Gasteiger partial charge in [-0.15, -0.1) is 0 Å². The molecule has 0 spiro atoms. The van der Waals surface area contributed by atoms with Gasteiger partial charge in [0.05, 0.1) is 11.6 Å². The first-order chi connectivity index (χ1) is 18.5. The van der Waals surface area contributed by atoms with E-state index in [1.54, 1.807) is 0 Å². The lowest BCUT2D eigenvalue weighted by atomic mass is 9.97. The lowest BCUT2D eigenvalue weighted by Crippen LogP contribution is -2.15. The van der Waals surface area contributed by atoms with Crippen molar-refractivity contribution in [2.24, 2.45) is 10.7 Å². The molecule has 0 unspecified atom stereocenters. The molecule has 0 aliphatic carbocycles. The minimum absolute atomic E-state index is 0.173. The van der Waals surface area contributed by atoms with Crippen molar-refractivity contribution in [2.45, 2.75) is 6.92 Å². The lowest BCUT2D eigenvalue weighted by molar-refractivity contribution is 1.40. The van der Waals surface area contributed by atoms with E-state index in [9.17, 15) is 0 Å². The fourth-order valence-electron chi connectivity index (χ4n) is 3.93. The van der Waals surface area contributed by atoms with Crippen molar-refractivity contribution in [1.82, 2.24) is 0 Å². The maximum Gasteiger partial charge on any atom is 0.154 e. The highest BCUT2D eigenvalue weighted by Crippen LogP contribution is 2.27. The molecule has 4 heteroatoms. The standard InChI is InChI=1S/C20H15N.C14H13N3/c1-15-4-2-3-5-20(15)19-12-10-18(11-13-19)17-8-6-16(14-21)7-9-17;15-13(11-7-3-1-4-8-11)17-14(16)12-9-5-2-6-10-12/h2-13H,1H3;1-10H,(H3,15,16,17). The number of benzene rings is 5. The monoisotopic (exact) mass is 492 g/mol. The van der Waals surface area contributed by atoms with Crippen LogP contribution < -0.4 is 5.73 Å². The first-order valence-corrected chi connectivity index (χ1v) is 12.3. The maximum absolute atomic E-state index is 8.84. The highest BCUT2D eigenvalue weighted by Gasteiger charge is 2.03. The molecule has 4 nitrogen and oxygen atoms in total. The normalized spacial score (nSPS) is 10.6. The van der Waals surface area contributed by atoms with Crippen LogP contribution in [-0.2, 0) is 0 Å². The first kappa shape index (κ1) is 25.8. The molecule has 0 aliphatic heterocycles. The topological polar surface area (TPSA) is 86.0 Å². The van der Waals surface area contributed by atoms with Crippen LogP contribution in [0.4, 0.5) is 0 Å². The highest BCUT2D eigenvalue weighted by atomic mass is 14.9. The van der Waals surface area contributed by atoms with Gasteiger partial charge >= 0.3 is 0 Å². The summed E-state index contributed by atoms with van der Waals surface area (Å²) in [7, 11) is 0. The third kappa shape index (κ3) is 6.69. The summed E-state index contributed by atoms with van der Waals surface area (Å²) >= 11 is 0. The van der Waals surface area contributed by atoms with Gasteiger partial charge in [0.1, 0.15) is 5.84 Å². The number of hydrogen-bond acceptors (Lipinski definition) is 2. The summed E-state index contributed by atoms with van der Waals surface area (Å²) in [6.07, 6.45) is 0. The van der Waals surface area contributed by atoms with E-state index in [0.29, 0.717) is 11.4 Å². The molecule has 0 radical (unpaired) electrons. The Morgan fingerprint density at radius 2 is 1.11 bits per heavy atom. The Kier molecular flexibility index (Phi) is 8.57. The first-order valence-electron chi connectivity index (χ1n) is 12.3. The summed E-state index contributed by atoms with van der Waals surface area (Å²) in [6.45, 7) is 2.13. The van der Waals surface area contributed by atoms with E-state index in [2.05, 4.69) is 66.5 Å². The van der Waals surface area contributed by atoms with Crippen molar-refractivity contribution in [1.29, 1.82) is 10.7 Å². The Labute approximate surface area is 223 Å². The zero-order chi connectivity index (χ0) is 26.7. The summed E-state index contributed by atoms with van der Waals surface area (Å²) < 4.78 is 0. The average molecular weight is 493 g/mol. The molecule has 5 aromatic rings. The average Bonchev–Trinajstić information content (AvgIpc) is 2.99. The van der Waals surface area contributed by atoms with E-state index in [-0.39, 0.29) is 5.84 Å². The van der Waals surface area contributed by atoms with Gasteiger partial charge in [0, 0.05) is 11.1 Å². The Bertz CT molecular complexity index is 1560. The number of nitriles is 1. The van der Waals surface area contributed by atoms with Crippen molar-refractivity contribution in [2.75, 3.05) is 0 Å². The van der Waals surface area contributed by atoms with Crippen molar-refractivity contribution < 1.29 is 0 Å². The second-order valence-corrected chi connectivity index (χ2v) is 8.66. The molecule has 0 bridgehead atoms. The smallest absolute Gasteiger partial charge is 0.154 e. The molecule has 5 aromatic carbocycles. The summed E-state index contributed by atoms with van der Waals surface area (Å²) in [5, 5.41) is 16.7. The van der Waals surface area contributed by atoms with Crippen LogP contribution in [0, 0.1) is 23.7 Å². The van der Waals surface area contributed by atoms with Gasteiger partial charge in [-0.05, 0) is 46.9 Å². The summed E-state index contributed by atoms with van der Waals surface area (Å²) in [5.41, 5.74) is 14.2. The van der Waals surface area contributed by atoms with Crippen molar-refractivity contribution in [3.63, 3.8) is 0 Å². The fraction of sp³-hybridized carbons (Fsp3) is 0.0294. The number of nitrogens with two attached hydrogens (primary N) is 1. The molecule has 0 heterocycles. The largest absolute Gasteiger partial charge is 0.383 e. The number of nitrogens with zero attached hydrogens (tertiary/aromatic N) is 2. The SMILES string of the molecule is Cc1ccccc1-c1ccc(-c2ccc(C#N)cc2)cc1.N=C(N=C(N)c1ccccc1)c1ccccc1. The van der Waals surface area contributed by atoms with Crippen LogP contribution in [0.15, 0.2) is 138 Å². The molecule has 0 aromatic heterocycles. The molecule has 0 amide bonds. The Hall–Kier alpha value is -5.27. The van der Waals surface area contributed by atoms with E-state index in [0.717, 1.165) is 22.3 Å². The van der Waals surface area contributed by atoms with Crippen LogP contribution >= 0.6 is 0 Å². The van der Waals surface area contributed by atoms with Gasteiger partial charge in [-0.2, -0.15) is 5.26 Å². The predicted octanol–water partition coefficient (Wildman–Crippen LogP) is 7.62. The summed E-state index contributed by atoms with van der Waals surface area (Å²) in [5.74, 6) is 0.534. The molecule has 0 aliphatic rings. The van der Waals surface area contributed by atoms with Crippen molar-refractivity contribution in [3.05, 3.63) is 156 Å². The molecule has 0 saturated carbocycles. The molecule has 0 saturated heterocycles. The molecular formula is C34H28N4. The molecule has 0 fully saturated rings. The number of rotatable bonds is 4. The second-order valence-electron chi connectivity index (χ2n) is 8.66. The Balaban J connectivity index is 0.000000181. The molecule has 184 valence electrons. The van der Waals surface area contributed by atoms with Crippen LogP contribution in [0.3, 0.4) is 0 Å². The highest BCUT2D eigenvalue weighted by molar-refractivity contribution is 6.09. The van der Waals surface area contributed by atoms with Gasteiger partial charge in [-0.1, -0.05) is 121 Å². The van der Waals surface area contributed by atoms with Crippen LogP contribution in [-0.4, -0.2) is 11.7 Å². The van der Waals surface area contributed by atoms with Gasteiger partial charge in [0.25, 0.3) is 0 Å². The zero-order valence-electron chi connectivity index (χ0n) is 21.2. The van der Waals surface area contributed by atoms with E-state index in [4.69, 9.17) is 16.4 Å². The second kappa shape index (κ2) is 12.6. The summed E-state index contributed by atoms with van der Waals surface area (Å²) in [4.78, 5) is 4.10. The number of hydrogen-bond donors (Lipinski definition) is 2.